The molecule has 1 N–H and O–H groups in total. The van der Waals surface area contributed by atoms with Gasteiger partial charge in [-0.15, -0.1) is 0 Å². The van der Waals surface area contributed by atoms with Gasteiger partial charge in [0.2, 0.25) is 5.91 Å². The number of aromatic nitrogens is 1. The molecule has 1 aromatic heterocycles. The summed E-state index contributed by atoms with van der Waals surface area (Å²) in [6.07, 6.45) is 4.51. The van der Waals surface area contributed by atoms with E-state index in [1.165, 1.54) is 0 Å². The van der Waals surface area contributed by atoms with Crippen molar-refractivity contribution in [1.29, 1.82) is 0 Å². The van der Waals surface area contributed by atoms with Crippen molar-refractivity contribution >= 4 is 34.8 Å². The van der Waals surface area contributed by atoms with Crippen LogP contribution in [0.1, 0.15) is 12.0 Å². The van der Waals surface area contributed by atoms with Gasteiger partial charge in [-0.25, -0.2) is 0 Å². The molecule has 0 saturated heterocycles. The second kappa shape index (κ2) is 6.55. The number of pyridine rings is 1. The monoisotopic (exact) mass is 294 g/mol. The quantitative estimate of drug-likeness (QED) is 0.927. The van der Waals surface area contributed by atoms with E-state index >= 15 is 0 Å². The lowest BCUT2D eigenvalue weighted by atomic mass is 10.1. The number of anilines is 1. The highest BCUT2D eigenvalue weighted by Crippen LogP contribution is 2.25. The van der Waals surface area contributed by atoms with Crippen molar-refractivity contribution < 1.29 is 4.79 Å². The molecule has 0 spiro atoms. The van der Waals surface area contributed by atoms with Crippen molar-refractivity contribution in [3.63, 3.8) is 0 Å². The SMILES string of the molecule is O=C(CCc1cccnc1)Nc1ccc(Cl)c(Cl)c1. The lowest BCUT2D eigenvalue weighted by Crippen LogP contribution is -2.12. The molecule has 0 aliphatic carbocycles. The van der Waals surface area contributed by atoms with E-state index < -0.39 is 0 Å². The molecule has 1 heterocycles. The smallest absolute Gasteiger partial charge is 0.224 e. The number of nitrogens with one attached hydrogen (secondary N) is 1. The van der Waals surface area contributed by atoms with Crippen molar-refractivity contribution in [3.8, 4) is 0 Å². The number of nitrogens with zero attached hydrogens (tertiary/aromatic N) is 1. The van der Waals surface area contributed by atoms with E-state index in [4.69, 9.17) is 23.2 Å². The number of hydrogen-bond acceptors (Lipinski definition) is 2. The van der Waals surface area contributed by atoms with Crippen LogP contribution in [0.15, 0.2) is 42.7 Å². The topological polar surface area (TPSA) is 42.0 Å². The highest BCUT2D eigenvalue weighted by Gasteiger charge is 2.05. The maximum absolute atomic E-state index is 11.8. The molecule has 2 aromatic rings. The molecule has 5 heteroatoms. The number of hydrogen-bond donors (Lipinski definition) is 1. The maximum atomic E-state index is 11.8. The zero-order chi connectivity index (χ0) is 13.7. The highest BCUT2D eigenvalue weighted by atomic mass is 35.5. The van der Waals surface area contributed by atoms with Gasteiger partial charge in [-0.3, -0.25) is 9.78 Å². The Kier molecular flexibility index (Phi) is 4.77. The third-order valence-electron chi connectivity index (χ3n) is 2.57. The van der Waals surface area contributed by atoms with Crippen LogP contribution in [0.25, 0.3) is 0 Å². The molecule has 0 fully saturated rings. The van der Waals surface area contributed by atoms with Crippen molar-refractivity contribution in [2.24, 2.45) is 0 Å². The van der Waals surface area contributed by atoms with Crippen molar-refractivity contribution in [1.82, 2.24) is 4.98 Å². The van der Waals surface area contributed by atoms with Gasteiger partial charge in [-0.1, -0.05) is 29.3 Å². The number of aryl methyl sites for hydroxylation is 1. The molecule has 0 aliphatic rings. The molecule has 0 aliphatic heterocycles. The molecule has 0 bridgehead atoms. The van der Waals surface area contributed by atoms with Crippen LogP contribution in [0.2, 0.25) is 10.0 Å². The second-order valence-electron chi connectivity index (χ2n) is 4.04. The maximum Gasteiger partial charge on any atom is 0.224 e. The van der Waals surface area contributed by atoms with Gasteiger partial charge in [-0.05, 0) is 36.2 Å². The van der Waals surface area contributed by atoms with E-state index in [2.05, 4.69) is 10.3 Å². The largest absolute Gasteiger partial charge is 0.326 e. The average Bonchev–Trinajstić information content (AvgIpc) is 2.42. The molecule has 3 nitrogen and oxygen atoms in total. The molecular formula is C14H12Cl2N2O. The number of rotatable bonds is 4. The zero-order valence-corrected chi connectivity index (χ0v) is 11.6. The van der Waals surface area contributed by atoms with Crippen molar-refractivity contribution in [2.45, 2.75) is 12.8 Å². The van der Waals surface area contributed by atoms with Crippen LogP contribution in [0, 0.1) is 0 Å². The van der Waals surface area contributed by atoms with Crippen molar-refractivity contribution in [3.05, 3.63) is 58.3 Å². The Bertz CT molecular complexity index is 573. The van der Waals surface area contributed by atoms with E-state index in [0.29, 0.717) is 28.6 Å². The molecule has 2 rings (SSSR count). The molecular weight excluding hydrogens is 283 g/mol. The van der Waals surface area contributed by atoms with Crippen LogP contribution < -0.4 is 5.32 Å². The van der Waals surface area contributed by atoms with Gasteiger partial charge in [0, 0.05) is 24.5 Å². The number of amides is 1. The van der Waals surface area contributed by atoms with Gasteiger partial charge >= 0.3 is 0 Å². The van der Waals surface area contributed by atoms with Crippen LogP contribution in [-0.4, -0.2) is 10.9 Å². The Morgan fingerprint density at radius 1 is 1.21 bits per heavy atom. The fourth-order valence-electron chi connectivity index (χ4n) is 1.60. The number of carbonyl (C=O) groups excluding carboxylic acids is 1. The van der Waals surface area contributed by atoms with E-state index in [1.54, 1.807) is 30.6 Å². The summed E-state index contributed by atoms with van der Waals surface area (Å²) in [6, 6.07) is 8.80. The normalized spacial score (nSPS) is 10.2. The minimum Gasteiger partial charge on any atom is -0.326 e. The average molecular weight is 295 g/mol. The summed E-state index contributed by atoms with van der Waals surface area (Å²) in [5, 5.41) is 3.67. The van der Waals surface area contributed by atoms with Gasteiger partial charge < -0.3 is 5.32 Å². The summed E-state index contributed by atoms with van der Waals surface area (Å²) < 4.78 is 0. The second-order valence-corrected chi connectivity index (χ2v) is 4.85. The summed E-state index contributed by atoms with van der Waals surface area (Å²) in [6.45, 7) is 0. The Morgan fingerprint density at radius 2 is 2.05 bits per heavy atom. The predicted molar refractivity (Wildman–Crippen MR) is 77.6 cm³/mol. The number of carbonyl (C=O) groups is 1. The van der Waals surface area contributed by atoms with Crippen LogP contribution in [0.5, 0.6) is 0 Å². The first-order chi connectivity index (χ1) is 9.15. The summed E-state index contributed by atoms with van der Waals surface area (Å²) in [5.41, 5.74) is 1.68. The Balaban J connectivity index is 1.89. The minimum atomic E-state index is -0.0674. The van der Waals surface area contributed by atoms with Crippen LogP contribution in [0.4, 0.5) is 5.69 Å². The third kappa shape index (κ3) is 4.23. The molecule has 0 radical (unpaired) electrons. The van der Waals surface area contributed by atoms with E-state index in [9.17, 15) is 4.79 Å². The molecule has 0 saturated carbocycles. The van der Waals surface area contributed by atoms with Gasteiger partial charge in [0.15, 0.2) is 0 Å². The third-order valence-corrected chi connectivity index (χ3v) is 3.31. The lowest BCUT2D eigenvalue weighted by Gasteiger charge is -2.06. The molecule has 98 valence electrons. The van der Waals surface area contributed by atoms with Gasteiger partial charge in [-0.2, -0.15) is 0 Å². The summed E-state index contributed by atoms with van der Waals surface area (Å²) in [7, 11) is 0. The Labute approximate surface area is 121 Å². The molecule has 19 heavy (non-hydrogen) atoms. The zero-order valence-electron chi connectivity index (χ0n) is 10.1. The standard InChI is InChI=1S/C14H12Cl2N2O/c15-12-5-4-11(8-13(12)16)18-14(19)6-3-10-2-1-7-17-9-10/h1-2,4-5,7-9H,3,6H2,(H,18,19). The fourth-order valence-corrected chi connectivity index (χ4v) is 1.90. The van der Waals surface area contributed by atoms with Gasteiger partial charge in [0.05, 0.1) is 10.0 Å². The molecule has 0 atom stereocenters. The van der Waals surface area contributed by atoms with Gasteiger partial charge in [0.25, 0.3) is 0 Å². The number of halogens is 2. The number of benzene rings is 1. The highest BCUT2D eigenvalue weighted by molar-refractivity contribution is 6.42. The van der Waals surface area contributed by atoms with Crippen LogP contribution in [-0.2, 0) is 11.2 Å². The molecule has 0 unspecified atom stereocenters. The predicted octanol–water partition coefficient (Wildman–Crippen LogP) is 3.96. The van der Waals surface area contributed by atoms with Crippen LogP contribution in [0.3, 0.4) is 0 Å². The summed E-state index contributed by atoms with van der Waals surface area (Å²) in [4.78, 5) is 15.8. The Hall–Kier alpha value is -1.58. The van der Waals surface area contributed by atoms with Crippen molar-refractivity contribution in [2.75, 3.05) is 5.32 Å². The molecule has 1 amide bonds. The summed E-state index contributed by atoms with van der Waals surface area (Å²) in [5.74, 6) is -0.0674. The van der Waals surface area contributed by atoms with E-state index in [0.717, 1.165) is 5.56 Å². The fraction of sp³-hybridized carbons (Fsp3) is 0.143. The Morgan fingerprint density at radius 3 is 2.74 bits per heavy atom. The van der Waals surface area contributed by atoms with E-state index in [-0.39, 0.29) is 5.91 Å². The van der Waals surface area contributed by atoms with E-state index in [1.807, 2.05) is 12.1 Å². The first kappa shape index (κ1) is 13.8. The summed E-state index contributed by atoms with van der Waals surface area (Å²) >= 11 is 11.7. The first-order valence-corrected chi connectivity index (χ1v) is 6.54. The molecule has 1 aromatic carbocycles. The minimum absolute atomic E-state index is 0.0674. The van der Waals surface area contributed by atoms with Gasteiger partial charge in [0.1, 0.15) is 0 Å². The first-order valence-electron chi connectivity index (χ1n) is 5.79. The van der Waals surface area contributed by atoms with Crippen LogP contribution >= 0.6 is 23.2 Å². The lowest BCUT2D eigenvalue weighted by molar-refractivity contribution is -0.116.